The molecule has 4 atom stereocenters. The number of unbranched alkanes of at least 4 members (excludes halogenated alkanes) is 8. The monoisotopic (exact) mass is 1010 g/mol. The number of nitrogens with one attached hydrogen (secondary N) is 1. The highest BCUT2D eigenvalue weighted by molar-refractivity contribution is 7.86. The minimum Gasteiger partial charge on any atom is -0.495 e. The number of aromatic amines is 1. The fourth-order valence-corrected chi connectivity index (χ4v) is 10.2. The van der Waals surface area contributed by atoms with Crippen molar-refractivity contribution in [2.24, 2.45) is 10.4 Å². The second-order valence-corrected chi connectivity index (χ2v) is 21.5. The van der Waals surface area contributed by atoms with Crippen LogP contribution in [0.15, 0.2) is 102 Å². The molecule has 0 bridgehead atoms. The van der Waals surface area contributed by atoms with Gasteiger partial charge in [0.25, 0.3) is 10.1 Å². The molecule has 0 saturated heterocycles. The number of hydrogen-bond donors (Lipinski definition) is 1. The number of H-pyrrole nitrogens is 1. The molecule has 1 N–H and O–H groups in total. The molecule has 1 aliphatic carbocycles. The van der Waals surface area contributed by atoms with Gasteiger partial charge in [-0.15, -0.1) is 8.78 Å². The van der Waals surface area contributed by atoms with Crippen LogP contribution in [-0.2, 0) is 19.7 Å². The van der Waals surface area contributed by atoms with E-state index in [0.717, 1.165) is 35.9 Å². The zero-order valence-electron chi connectivity index (χ0n) is 38.7. The van der Waals surface area contributed by atoms with Crippen LogP contribution in [0, 0.1) is 11.2 Å². The average molecular weight is 1010 g/mol. The summed E-state index contributed by atoms with van der Waals surface area (Å²) in [5.74, 6) is -10.9. The Kier molecular flexibility index (Phi) is 15.1. The van der Waals surface area contributed by atoms with Gasteiger partial charge in [0.2, 0.25) is 0 Å². The smallest absolute Gasteiger partial charge is 0.495 e. The van der Waals surface area contributed by atoms with Crippen molar-refractivity contribution in [1.29, 1.82) is 0 Å². The van der Waals surface area contributed by atoms with E-state index >= 15 is 26.4 Å². The SMILES string of the molecule is CC(C)(C)CCCCCCCCCCCOc1c(C2C=CC3=c4c(Cl)cc(C(COS(C)(=O)=O)CC5(c6ccc(F)cc6)C(F)=C[N+](F)(C(=O)[O-])C(F)(F)C5(F)F)cc4=NC3=C2)[nH]c2ccccc12. The van der Waals surface area contributed by atoms with Gasteiger partial charge in [-0.1, -0.05) is 120 Å². The van der Waals surface area contributed by atoms with Crippen LogP contribution in [0.3, 0.4) is 0 Å². The van der Waals surface area contributed by atoms with Crippen molar-refractivity contribution in [3.63, 3.8) is 0 Å². The number of amides is 1. The minimum atomic E-state index is -6.23. The number of benzene rings is 3. The standard InChI is InChI=1S/C51H55ClF7N3O6S/c1-48(2,3)24-14-10-8-6-5-7-9-11-15-25-67-46-38-16-12-13-17-40(38)61-45(46)32-18-23-37-41(27-32)60-42-28-33(26-39(52)44(37)42)34(31-68-69(4,65)66)29-49(35-19-21-36(53)22-20-35)43(54)30-62(59,47(63)64)51(57,58)50(49,55)56/h12-13,16-23,26-28,30,32,34,61H,5-11,14-15,24-25,29,31H2,1-4H3. The molecule has 69 heavy (non-hydrogen) atoms. The lowest BCUT2D eigenvalue weighted by atomic mass is 9.65. The number of carbonyl (C=O) groups excluding carboxylic acids is 1. The van der Waals surface area contributed by atoms with Crippen LogP contribution in [0.4, 0.5) is 35.6 Å². The Hall–Kier alpha value is -4.97. The first-order valence-corrected chi connectivity index (χ1v) is 25.2. The molecule has 0 fully saturated rings. The third kappa shape index (κ3) is 10.4. The number of quaternary nitrogens is 1. The van der Waals surface area contributed by atoms with Gasteiger partial charge in [-0.05, 0) is 78.3 Å². The van der Waals surface area contributed by atoms with Crippen molar-refractivity contribution in [3.8, 4) is 5.75 Å². The molecule has 0 spiro atoms. The normalized spacial score (nSPS) is 22.1. The number of aromatic nitrogens is 1. The Morgan fingerprint density at radius 3 is 2.22 bits per heavy atom. The third-order valence-electron chi connectivity index (χ3n) is 13.2. The quantitative estimate of drug-likeness (QED) is 0.0309. The molecular formula is C51H55ClF7N3O6S. The van der Waals surface area contributed by atoms with Crippen LogP contribution in [0.1, 0.15) is 120 Å². The molecule has 0 radical (unpaired) electrons. The first kappa shape index (κ1) is 51.9. The minimum absolute atomic E-state index is 0.0354. The fourth-order valence-electron chi connectivity index (χ4n) is 9.49. The number of carboxylic acid groups (broad SMARTS) is 1. The summed E-state index contributed by atoms with van der Waals surface area (Å²) in [5, 5.41) is 13.0. The number of halogens is 8. The first-order chi connectivity index (χ1) is 32.4. The number of rotatable bonds is 20. The lowest BCUT2D eigenvalue weighted by molar-refractivity contribution is -1.05. The van der Waals surface area contributed by atoms with Gasteiger partial charge in [0.15, 0.2) is 12.0 Å². The summed E-state index contributed by atoms with van der Waals surface area (Å²) >= 11 is 6.88. The number of nitrogens with zero attached hydrogens (tertiary/aromatic N) is 2. The van der Waals surface area contributed by atoms with Gasteiger partial charge in [0, 0.05) is 42.7 Å². The maximum absolute atomic E-state index is 16.6. The molecule has 2 aliphatic heterocycles. The predicted molar refractivity (Wildman–Crippen MR) is 247 cm³/mol. The zero-order chi connectivity index (χ0) is 50.2. The molecule has 1 amide bonds. The van der Waals surface area contributed by atoms with Gasteiger partial charge in [-0.25, -0.2) is 13.8 Å². The second-order valence-electron chi connectivity index (χ2n) is 19.4. The van der Waals surface area contributed by atoms with E-state index in [1.54, 1.807) is 6.08 Å². The number of alkyl halides is 4. The van der Waals surface area contributed by atoms with Gasteiger partial charge in [0.05, 0.1) is 41.2 Å². The maximum atomic E-state index is 16.6. The van der Waals surface area contributed by atoms with E-state index in [2.05, 4.69) is 25.8 Å². The van der Waals surface area contributed by atoms with E-state index in [0.29, 0.717) is 64.8 Å². The van der Waals surface area contributed by atoms with Crippen LogP contribution in [0.2, 0.25) is 5.02 Å². The molecule has 4 aromatic rings. The van der Waals surface area contributed by atoms with Gasteiger partial charge in [-0.3, -0.25) is 4.18 Å². The molecule has 3 heterocycles. The highest BCUT2D eigenvalue weighted by atomic mass is 35.5. The van der Waals surface area contributed by atoms with Crippen molar-refractivity contribution in [3.05, 3.63) is 135 Å². The predicted octanol–water partition coefficient (Wildman–Crippen LogP) is 11.8. The second kappa shape index (κ2) is 20.0. The zero-order valence-corrected chi connectivity index (χ0v) is 40.3. The molecule has 372 valence electrons. The van der Waals surface area contributed by atoms with Crippen molar-refractivity contribution in [1.82, 2.24) is 4.98 Å². The molecular weight excluding hydrogens is 951 g/mol. The summed E-state index contributed by atoms with van der Waals surface area (Å²) in [5.41, 5.74) is -2.08. The first-order valence-electron chi connectivity index (χ1n) is 23.0. The number of ether oxygens (including phenoxy) is 1. The average Bonchev–Trinajstić information content (AvgIpc) is 3.84. The summed E-state index contributed by atoms with van der Waals surface area (Å²) in [7, 11) is -4.39. The largest absolute Gasteiger partial charge is 0.503 e. The fraction of sp³-hybridized carbons (Fsp3) is 0.451. The Balaban J connectivity index is 1.17. The summed E-state index contributed by atoms with van der Waals surface area (Å²) in [4.78, 5) is 19.9. The van der Waals surface area contributed by atoms with Crippen LogP contribution in [0.25, 0.3) is 16.5 Å². The lowest BCUT2D eigenvalue weighted by Gasteiger charge is -2.48. The number of allylic oxidation sites excluding steroid dienone is 4. The summed E-state index contributed by atoms with van der Waals surface area (Å²) in [6.45, 7) is 6.27. The highest BCUT2D eigenvalue weighted by Crippen LogP contribution is 2.63. The number of hydrogen-bond acceptors (Lipinski definition) is 7. The Morgan fingerprint density at radius 2 is 1.58 bits per heavy atom. The Bertz CT molecular complexity index is 2920. The van der Waals surface area contributed by atoms with Crippen LogP contribution in [0.5, 0.6) is 5.75 Å². The molecule has 4 unspecified atom stereocenters. The number of para-hydroxylation sites is 1. The molecule has 18 heteroatoms. The van der Waals surface area contributed by atoms with Gasteiger partial charge in [0.1, 0.15) is 17.0 Å². The summed E-state index contributed by atoms with van der Waals surface area (Å²) < 4.78 is 142. The van der Waals surface area contributed by atoms with Crippen LogP contribution in [-0.4, -0.2) is 55.6 Å². The Morgan fingerprint density at radius 1 is 0.942 bits per heavy atom. The molecule has 0 saturated carbocycles. The number of carbonyl (C=O) groups is 1. The van der Waals surface area contributed by atoms with Gasteiger partial charge >= 0.3 is 18.1 Å². The van der Waals surface area contributed by atoms with Gasteiger partial charge in [-0.2, -0.15) is 17.2 Å². The Labute approximate surface area is 401 Å². The van der Waals surface area contributed by atoms with E-state index in [1.165, 1.54) is 57.1 Å². The molecule has 7 rings (SSSR count). The van der Waals surface area contributed by atoms with Crippen molar-refractivity contribution in [2.75, 3.05) is 19.5 Å². The van der Waals surface area contributed by atoms with Crippen molar-refractivity contribution in [2.45, 2.75) is 121 Å². The number of fused-ring (bicyclic) bond motifs is 3. The molecule has 9 nitrogen and oxygen atoms in total. The van der Waals surface area contributed by atoms with E-state index in [1.807, 2.05) is 36.4 Å². The van der Waals surface area contributed by atoms with E-state index in [4.69, 9.17) is 25.5 Å². The third-order valence-corrected chi connectivity index (χ3v) is 14.0. The maximum Gasteiger partial charge on any atom is 0.503 e. The van der Waals surface area contributed by atoms with Crippen molar-refractivity contribution >= 4 is 44.3 Å². The van der Waals surface area contributed by atoms with Crippen LogP contribution >= 0.6 is 11.6 Å². The van der Waals surface area contributed by atoms with E-state index in [-0.39, 0.29) is 21.9 Å². The van der Waals surface area contributed by atoms with Gasteiger partial charge < -0.3 is 19.6 Å². The van der Waals surface area contributed by atoms with E-state index in [9.17, 15) is 22.7 Å². The molecule has 1 aromatic heterocycles. The summed E-state index contributed by atoms with van der Waals surface area (Å²) in [6, 6.07) is 6.30. The van der Waals surface area contributed by atoms with Crippen molar-refractivity contribution < 1.29 is 62.8 Å². The topological polar surface area (TPSA) is 121 Å². The molecule has 3 aromatic carbocycles. The van der Waals surface area contributed by atoms with Crippen LogP contribution < -0.4 is 20.4 Å². The lowest BCUT2D eigenvalue weighted by Crippen LogP contribution is -2.74. The van der Waals surface area contributed by atoms with E-state index < -0.39 is 80.7 Å². The summed E-state index contributed by atoms with van der Waals surface area (Å²) in [6.07, 6.45) is 12.2. The highest BCUT2D eigenvalue weighted by Gasteiger charge is 2.85. The molecule has 3 aliphatic rings.